The summed E-state index contributed by atoms with van der Waals surface area (Å²) in [5, 5.41) is 0. The summed E-state index contributed by atoms with van der Waals surface area (Å²) in [6.07, 6.45) is 2.27. The third-order valence-electron chi connectivity index (χ3n) is 3.83. The van der Waals surface area contributed by atoms with Crippen LogP contribution in [0.1, 0.15) is 31.4 Å². The third kappa shape index (κ3) is 2.55. The molecule has 3 nitrogen and oxygen atoms in total. The summed E-state index contributed by atoms with van der Waals surface area (Å²) in [6.45, 7) is 7.86. The summed E-state index contributed by atoms with van der Waals surface area (Å²) < 4.78 is 0. The standard InChI is InChI=1S/C14H23N3/c1-3-10(2)8-17-7-6-12-11(9-17)4-5-13(15)14(12)16/h4-5,10H,3,6-9,15-16H2,1-2H3/t10-/m0/s1. The quantitative estimate of drug-likeness (QED) is 0.787. The van der Waals surface area contributed by atoms with Crippen LogP contribution < -0.4 is 11.5 Å². The fraction of sp³-hybridized carbons (Fsp3) is 0.571. The van der Waals surface area contributed by atoms with E-state index in [1.165, 1.54) is 24.1 Å². The molecule has 1 aromatic carbocycles. The topological polar surface area (TPSA) is 55.3 Å². The highest BCUT2D eigenvalue weighted by atomic mass is 15.1. The predicted molar refractivity (Wildman–Crippen MR) is 73.7 cm³/mol. The average molecular weight is 233 g/mol. The Balaban J connectivity index is 2.12. The molecule has 1 aliphatic heterocycles. The summed E-state index contributed by atoms with van der Waals surface area (Å²) in [4.78, 5) is 2.52. The number of nitrogens with two attached hydrogens (primary N) is 2. The molecule has 1 aromatic rings. The molecule has 1 aliphatic rings. The van der Waals surface area contributed by atoms with E-state index >= 15 is 0 Å². The van der Waals surface area contributed by atoms with Crippen LogP contribution in [0.5, 0.6) is 0 Å². The first-order chi connectivity index (χ1) is 8.11. The van der Waals surface area contributed by atoms with Crippen LogP contribution in [0, 0.1) is 5.92 Å². The number of rotatable bonds is 3. The maximum atomic E-state index is 6.03. The van der Waals surface area contributed by atoms with Gasteiger partial charge in [0, 0.05) is 19.6 Å². The van der Waals surface area contributed by atoms with Crippen LogP contribution in [0.3, 0.4) is 0 Å². The molecule has 17 heavy (non-hydrogen) atoms. The Kier molecular flexibility index (Phi) is 3.57. The number of fused-ring (bicyclic) bond motifs is 1. The minimum atomic E-state index is 0.721. The maximum Gasteiger partial charge on any atom is 0.0584 e. The summed E-state index contributed by atoms with van der Waals surface area (Å²) in [5.74, 6) is 0.766. The lowest BCUT2D eigenvalue weighted by atomic mass is 9.96. The van der Waals surface area contributed by atoms with Crippen LogP contribution in [0.2, 0.25) is 0 Å². The van der Waals surface area contributed by atoms with Crippen molar-refractivity contribution >= 4 is 11.4 Å². The highest BCUT2D eigenvalue weighted by Gasteiger charge is 2.19. The number of nitrogen functional groups attached to an aromatic ring is 2. The van der Waals surface area contributed by atoms with Crippen molar-refractivity contribution in [3.8, 4) is 0 Å². The smallest absolute Gasteiger partial charge is 0.0584 e. The van der Waals surface area contributed by atoms with E-state index in [-0.39, 0.29) is 0 Å². The molecule has 0 unspecified atom stereocenters. The molecule has 0 spiro atoms. The molecular formula is C14H23N3. The lowest BCUT2D eigenvalue weighted by Gasteiger charge is -2.31. The average Bonchev–Trinajstić information content (AvgIpc) is 2.34. The van der Waals surface area contributed by atoms with E-state index in [0.717, 1.165) is 36.8 Å². The summed E-state index contributed by atoms with van der Waals surface area (Å²) in [5.41, 5.74) is 16.0. The molecule has 0 fully saturated rings. The molecule has 0 amide bonds. The Hall–Kier alpha value is -1.22. The maximum absolute atomic E-state index is 6.03. The monoisotopic (exact) mass is 233 g/mol. The van der Waals surface area contributed by atoms with E-state index in [0.29, 0.717) is 0 Å². The van der Waals surface area contributed by atoms with Crippen molar-refractivity contribution in [2.24, 2.45) is 5.92 Å². The van der Waals surface area contributed by atoms with E-state index in [1.54, 1.807) is 0 Å². The van der Waals surface area contributed by atoms with Gasteiger partial charge in [-0.15, -0.1) is 0 Å². The van der Waals surface area contributed by atoms with Gasteiger partial charge >= 0.3 is 0 Å². The highest BCUT2D eigenvalue weighted by Crippen LogP contribution is 2.29. The Morgan fingerprint density at radius 1 is 1.35 bits per heavy atom. The fourth-order valence-corrected chi connectivity index (χ4v) is 2.49. The molecule has 0 saturated carbocycles. The largest absolute Gasteiger partial charge is 0.397 e. The van der Waals surface area contributed by atoms with E-state index in [2.05, 4.69) is 24.8 Å². The van der Waals surface area contributed by atoms with E-state index < -0.39 is 0 Å². The van der Waals surface area contributed by atoms with Crippen LogP contribution >= 0.6 is 0 Å². The van der Waals surface area contributed by atoms with Crippen LogP contribution in [0.4, 0.5) is 11.4 Å². The van der Waals surface area contributed by atoms with E-state index in [1.807, 2.05) is 6.07 Å². The second-order valence-corrected chi connectivity index (χ2v) is 5.20. The van der Waals surface area contributed by atoms with Gasteiger partial charge in [-0.1, -0.05) is 26.3 Å². The van der Waals surface area contributed by atoms with Gasteiger partial charge in [0.25, 0.3) is 0 Å². The molecule has 4 N–H and O–H groups in total. The molecule has 0 aromatic heterocycles. The van der Waals surface area contributed by atoms with Crippen LogP contribution in [-0.2, 0) is 13.0 Å². The van der Waals surface area contributed by atoms with Crippen molar-refractivity contribution in [3.63, 3.8) is 0 Å². The minimum Gasteiger partial charge on any atom is -0.397 e. The van der Waals surface area contributed by atoms with Crippen LogP contribution in [0.15, 0.2) is 12.1 Å². The number of hydrogen-bond donors (Lipinski definition) is 2. The van der Waals surface area contributed by atoms with Crippen molar-refractivity contribution in [3.05, 3.63) is 23.3 Å². The molecule has 0 saturated heterocycles. The molecule has 0 radical (unpaired) electrons. The van der Waals surface area contributed by atoms with E-state index in [9.17, 15) is 0 Å². The van der Waals surface area contributed by atoms with Gasteiger partial charge in [0.05, 0.1) is 11.4 Å². The lowest BCUT2D eigenvalue weighted by molar-refractivity contribution is 0.218. The summed E-state index contributed by atoms with van der Waals surface area (Å²) in [6, 6.07) is 4.06. The van der Waals surface area contributed by atoms with Gasteiger partial charge in [0.15, 0.2) is 0 Å². The molecule has 2 rings (SSSR count). The van der Waals surface area contributed by atoms with Gasteiger partial charge < -0.3 is 11.5 Å². The van der Waals surface area contributed by atoms with Crippen LogP contribution in [0.25, 0.3) is 0 Å². The van der Waals surface area contributed by atoms with Crippen molar-refractivity contribution in [1.82, 2.24) is 4.90 Å². The normalized spacial score (nSPS) is 17.8. The molecule has 3 heteroatoms. The first kappa shape index (κ1) is 12.2. The van der Waals surface area contributed by atoms with Gasteiger partial charge in [0.1, 0.15) is 0 Å². The molecule has 1 atom stereocenters. The number of hydrogen-bond acceptors (Lipinski definition) is 3. The number of anilines is 2. The van der Waals surface area contributed by atoms with Crippen molar-refractivity contribution in [1.29, 1.82) is 0 Å². The zero-order valence-electron chi connectivity index (χ0n) is 10.9. The van der Waals surface area contributed by atoms with Gasteiger partial charge in [-0.25, -0.2) is 0 Å². The molecule has 94 valence electrons. The first-order valence-corrected chi connectivity index (χ1v) is 6.49. The van der Waals surface area contributed by atoms with Crippen molar-refractivity contribution in [2.75, 3.05) is 24.6 Å². The molecule has 1 heterocycles. The molecular weight excluding hydrogens is 210 g/mol. The zero-order chi connectivity index (χ0) is 12.4. The van der Waals surface area contributed by atoms with Gasteiger partial charge in [0.2, 0.25) is 0 Å². The van der Waals surface area contributed by atoms with E-state index in [4.69, 9.17) is 11.5 Å². The van der Waals surface area contributed by atoms with Gasteiger partial charge in [-0.05, 0) is 29.5 Å². The van der Waals surface area contributed by atoms with Crippen LogP contribution in [-0.4, -0.2) is 18.0 Å². The second kappa shape index (κ2) is 4.96. The predicted octanol–water partition coefficient (Wildman–Crippen LogP) is 2.26. The second-order valence-electron chi connectivity index (χ2n) is 5.20. The highest BCUT2D eigenvalue weighted by molar-refractivity contribution is 5.69. The Morgan fingerprint density at radius 3 is 2.82 bits per heavy atom. The van der Waals surface area contributed by atoms with Crippen molar-refractivity contribution in [2.45, 2.75) is 33.2 Å². The zero-order valence-corrected chi connectivity index (χ0v) is 10.9. The third-order valence-corrected chi connectivity index (χ3v) is 3.83. The first-order valence-electron chi connectivity index (χ1n) is 6.49. The molecule has 0 bridgehead atoms. The number of benzene rings is 1. The van der Waals surface area contributed by atoms with Gasteiger partial charge in [-0.3, -0.25) is 4.90 Å². The lowest BCUT2D eigenvalue weighted by Crippen LogP contribution is -2.34. The summed E-state index contributed by atoms with van der Waals surface area (Å²) in [7, 11) is 0. The SMILES string of the molecule is CC[C@H](C)CN1CCc2c(ccc(N)c2N)C1. The van der Waals surface area contributed by atoms with Gasteiger partial charge in [-0.2, -0.15) is 0 Å². The Morgan fingerprint density at radius 2 is 2.12 bits per heavy atom. The molecule has 0 aliphatic carbocycles. The number of nitrogens with zero attached hydrogens (tertiary/aromatic N) is 1. The summed E-state index contributed by atoms with van der Waals surface area (Å²) >= 11 is 0. The Bertz CT molecular complexity index is 401. The fourth-order valence-electron chi connectivity index (χ4n) is 2.49. The Labute approximate surface area is 104 Å². The minimum absolute atomic E-state index is 0.721. The van der Waals surface area contributed by atoms with Crippen molar-refractivity contribution < 1.29 is 0 Å².